The molecule has 106 valence electrons. The number of pyridine rings is 1. The summed E-state index contributed by atoms with van der Waals surface area (Å²) in [6.45, 7) is 2.99. The Morgan fingerprint density at radius 1 is 1.10 bits per heavy atom. The number of nitrogens with one attached hydrogen (secondary N) is 1. The van der Waals surface area contributed by atoms with Gasteiger partial charge in [-0.2, -0.15) is 0 Å². The molecule has 0 saturated carbocycles. The lowest BCUT2D eigenvalue weighted by Gasteiger charge is -2.15. The van der Waals surface area contributed by atoms with Crippen molar-refractivity contribution in [3.8, 4) is 0 Å². The van der Waals surface area contributed by atoms with Crippen LogP contribution in [0.15, 0.2) is 60.9 Å². The minimum atomic E-state index is 0.277. The predicted octanol–water partition coefficient (Wildman–Crippen LogP) is 4.74. The van der Waals surface area contributed by atoms with E-state index in [1.165, 1.54) is 21.9 Å². The van der Waals surface area contributed by atoms with E-state index in [0.29, 0.717) is 0 Å². The zero-order valence-electron chi connectivity index (χ0n) is 11.9. The number of fused-ring (bicyclic) bond motifs is 1. The summed E-state index contributed by atoms with van der Waals surface area (Å²) in [6.07, 6.45) is 3.75. The summed E-state index contributed by atoms with van der Waals surface area (Å²) >= 11 is 5.93. The van der Waals surface area contributed by atoms with Crippen LogP contribution in [0.2, 0.25) is 5.02 Å². The maximum Gasteiger partial charge on any atom is 0.0406 e. The third-order valence-electron chi connectivity index (χ3n) is 3.74. The Balaban J connectivity index is 1.76. The molecule has 2 nitrogen and oxygen atoms in total. The first-order valence-corrected chi connectivity index (χ1v) is 7.42. The highest BCUT2D eigenvalue weighted by Gasteiger charge is 2.06. The second kappa shape index (κ2) is 6.25. The van der Waals surface area contributed by atoms with Gasteiger partial charge in [0, 0.05) is 35.4 Å². The Bertz CT molecular complexity index is 732. The highest BCUT2D eigenvalue weighted by atomic mass is 35.5. The van der Waals surface area contributed by atoms with E-state index >= 15 is 0 Å². The van der Waals surface area contributed by atoms with Crippen molar-refractivity contribution in [2.45, 2.75) is 19.5 Å². The molecule has 0 spiro atoms. The molecule has 3 aromatic rings. The van der Waals surface area contributed by atoms with E-state index in [1.807, 2.05) is 24.5 Å². The molecule has 21 heavy (non-hydrogen) atoms. The maximum atomic E-state index is 5.93. The Labute approximate surface area is 129 Å². The number of benzene rings is 2. The van der Waals surface area contributed by atoms with Crippen molar-refractivity contribution in [2.24, 2.45) is 0 Å². The summed E-state index contributed by atoms with van der Waals surface area (Å²) in [5, 5.41) is 6.76. The van der Waals surface area contributed by atoms with Gasteiger partial charge in [-0.15, -0.1) is 0 Å². The molecule has 0 unspecified atom stereocenters. The molecule has 0 amide bonds. The molecule has 0 bridgehead atoms. The van der Waals surface area contributed by atoms with Crippen molar-refractivity contribution in [3.63, 3.8) is 0 Å². The third-order valence-corrected chi connectivity index (χ3v) is 3.99. The molecule has 0 radical (unpaired) electrons. The van der Waals surface area contributed by atoms with Crippen molar-refractivity contribution < 1.29 is 0 Å². The summed E-state index contributed by atoms with van der Waals surface area (Å²) in [6, 6.07) is 16.7. The molecule has 2 aromatic carbocycles. The van der Waals surface area contributed by atoms with Crippen LogP contribution in [-0.4, -0.2) is 4.98 Å². The number of nitrogens with zero attached hydrogens (tertiary/aromatic N) is 1. The largest absolute Gasteiger partial charge is 0.306 e. The molecule has 1 heterocycles. The fourth-order valence-corrected chi connectivity index (χ4v) is 2.60. The van der Waals surface area contributed by atoms with Gasteiger partial charge < -0.3 is 5.32 Å². The number of halogens is 1. The van der Waals surface area contributed by atoms with E-state index in [4.69, 9.17) is 11.6 Å². The fourth-order valence-electron chi connectivity index (χ4n) is 2.48. The molecule has 0 fully saturated rings. The van der Waals surface area contributed by atoms with Gasteiger partial charge in [0.05, 0.1) is 0 Å². The van der Waals surface area contributed by atoms with Gasteiger partial charge in [-0.05, 0) is 41.6 Å². The van der Waals surface area contributed by atoms with Gasteiger partial charge >= 0.3 is 0 Å². The van der Waals surface area contributed by atoms with Crippen molar-refractivity contribution >= 4 is 22.4 Å². The van der Waals surface area contributed by atoms with Crippen LogP contribution in [-0.2, 0) is 6.54 Å². The lowest BCUT2D eigenvalue weighted by atomic mass is 10.1. The van der Waals surface area contributed by atoms with Gasteiger partial charge in [-0.1, -0.05) is 41.9 Å². The summed E-state index contributed by atoms with van der Waals surface area (Å²) in [5.41, 5.74) is 2.53. The SMILES string of the molecule is C[C@H](NCc1cccc2cnccc12)c1ccc(Cl)cc1. The van der Waals surface area contributed by atoms with Crippen LogP contribution in [0.5, 0.6) is 0 Å². The van der Waals surface area contributed by atoms with Crippen LogP contribution in [0.4, 0.5) is 0 Å². The molecular formula is C18H17ClN2. The molecule has 1 N–H and O–H groups in total. The second-order valence-electron chi connectivity index (χ2n) is 5.17. The molecule has 1 atom stereocenters. The van der Waals surface area contributed by atoms with Crippen LogP contribution < -0.4 is 5.32 Å². The van der Waals surface area contributed by atoms with Gasteiger partial charge in [0.25, 0.3) is 0 Å². The highest BCUT2D eigenvalue weighted by Crippen LogP contribution is 2.20. The van der Waals surface area contributed by atoms with E-state index in [-0.39, 0.29) is 6.04 Å². The van der Waals surface area contributed by atoms with Crippen LogP contribution in [0.1, 0.15) is 24.1 Å². The summed E-state index contributed by atoms with van der Waals surface area (Å²) in [5.74, 6) is 0. The van der Waals surface area contributed by atoms with Crippen LogP contribution in [0.25, 0.3) is 10.8 Å². The van der Waals surface area contributed by atoms with E-state index in [9.17, 15) is 0 Å². The molecular weight excluding hydrogens is 280 g/mol. The Hall–Kier alpha value is -1.90. The molecule has 0 saturated heterocycles. The van der Waals surface area contributed by atoms with Gasteiger partial charge in [0.15, 0.2) is 0 Å². The fraction of sp³-hybridized carbons (Fsp3) is 0.167. The van der Waals surface area contributed by atoms with Crippen LogP contribution in [0.3, 0.4) is 0 Å². The van der Waals surface area contributed by atoms with E-state index in [1.54, 1.807) is 0 Å². The predicted molar refractivity (Wildman–Crippen MR) is 88.4 cm³/mol. The molecule has 3 heteroatoms. The van der Waals surface area contributed by atoms with Crippen molar-refractivity contribution in [1.82, 2.24) is 10.3 Å². The highest BCUT2D eigenvalue weighted by molar-refractivity contribution is 6.30. The van der Waals surface area contributed by atoms with Gasteiger partial charge in [-0.25, -0.2) is 0 Å². The summed E-state index contributed by atoms with van der Waals surface area (Å²) in [4.78, 5) is 4.17. The van der Waals surface area contributed by atoms with E-state index in [2.05, 4.69) is 53.6 Å². The minimum absolute atomic E-state index is 0.277. The topological polar surface area (TPSA) is 24.9 Å². The van der Waals surface area contributed by atoms with Gasteiger partial charge in [-0.3, -0.25) is 4.98 Å². The Morgan fingerprint density at radius 2 is 1.90 bits per heavy atom. The first kappa shape index (κ1) is 14.1. The molecule has 1 aromatic heterocycles. The lowest BCUT2D eigenvalue weighted by molar-refractivity contribution is 0.576. The van der Waals surface area contributed by atoms with Crippen LogP contribution >= 0.6 is 11.6 Å². The maximum absolute atomic E-state index is 5.93. The van der Waals surface area contributed by atoms with E-state index in [0.717, 1.165) is 11.6 Å². The Kier molecular flexibility index (Phi) is 4.18. The third kappa shape index (κ3) is 3.23. The standard InChI is InChI=1S/C18H17ClN2/c1-13(14-5-7-17(19)8-6-14)21-12-16-4-2-3-15-11-20-10-9-18(15)16/h2-11,13,21H,12H2,1H3/t13-/m0/s1. The average molecular weight is 297 g/mol. The second-order valence-corrected chi connectivity index (χ2v) is 5.60. The van der Waals surface area contributed by atoms with Gasteiger partial charge in [0.1, 0.15) is 0 Å². The zero-order valence-corrected chi connectivity index (χ0v) is 12.6. The molecule has 0 aliphatic carbocycles. The first-order valence-electron chi connectivity index (χ1n) is 7.04. The normalized spacial score (nSPS) is 12.5. The monoisotopic (exact) mass is 296 g/mol. The smallest absolute Gasteiger partial charge is 0.0406 e. The van der Waals surface area contributed by atoms with Crippen molar-refractivity contribution in [2.75, 3.05) is 0 Å². The van der Waals surface area contributed by atoms with E-state index < -0.39 is 0 Å². The molecule has 0 aliphatic heterocycles. The Morgan fingerprint density at radius 3 is 2.71 bits per heavy atom. The summed E-state index contributed by atoms with van der Waals surface area (Å²) < 4.78 is 0. The average Bonchev–Trinajstić information content (AvgIpc) is 2.53. The number of rotatable bonds is 4. The quantitative estimate of drug-likeness (QED) is 0.752. The van der Waals surface area contributed by atoms with Crippen molar-refractivity contribution in [3.05, 3.63) is 77.1 Å². The number of hydrogen-bond acceptors (Lipinski definition) is 2. The molecule has 3 rings (SSSR count). The molecule has 0 aliphatic rings. The number of aromatic nitrogens is 1. The van der Waals surface area contributed by atoms with Gasteiger partial charge in [0.2, 0.25) is 0 Å². The minimum Gasteiger partial charge on any atom is -0.306 e. The number of hydrogen-bond donors (Lipinski definition) is 1. The lowest BCUT2D eigenvalue weighted by Crippen LogP contribution is -2.18. The van der Waals surface area contributed by atoms with Crippen molar-refractivity contribution in [1.29, 1.82) is 0 Å². The van der Waals surface area contributed by atoms with Crippen LogP contribution in [0, 0.1) is 0 Å². The first-order chi connectivity index (χ1) is 10.2. The summed E-state index contributed by atoms with van der Waals surface area (Å²) in [7, 11) is 0. The zero-order chi connectivity index (χ0) is 14.7.